The van der Waals surface area contributed by atoms with Gasteiger partial charge in [0.15, 0.2) is 0 Å². The lowest BCUT2D eigenvalue weighted by Gasteiger charge is -2.35. The van der Waals surface area contributed by atoms with Crippen LogP contribution < -0.4 is 4.74 Å². The molecule has 0 atom stereocenters. The zero-order chi connectivity index (χ0) is 19.6. The van der Waals surface area contributed by atoms with Gasteiger partial charge >= 0.3 is 0 Å². The fourth-order valence-electron chi connectivity index (χ4n) is 3.35. The number of carbonyl (C=O) groups excluding carboxylic acids is 2. The van der Waals surface area contributed by atoms with Crippen LogP contribution in [0, 0.1) is 19.7 Å². The second-order valence-electron chi connectivity index (χ2n) is 6.75. The van der Waals surface area contributed by atoms with Gasteiger partial charge in [-0.05, 0) is 43.7 Å². The zero-order valence-corrected chi connectivity index (χ0v) is 15.8. The molecular formula is C21H23FN2O3. The van der Waals surface area contributed by atoms with Gasteiger partial charge in [-0.3, -0.25) is 9.59 Å². The number of aryl methyl sites for hydroxylation is 2. The highest BCUT2D eigenvalue weighted by molar-refractivity contribution is 5.98. The van der Waals surface area contributed by atoms with Crippen molar-refractivity contribution in [1.29, 1.82) is 0 Å². The number of nitrogens with zero attached hydrogens (tertiary/aromatic N) is 2. The topological polar surface area (TPSA) is 49.9 Å². The van der Waals surface area contributed by atoms with Gasteiger partial charge in [-0.1, -0.05) is 17.7 Å². The lowest BCUT2D eigenvalue weighted by Crippen LogP contribution is -2.50. The van der Waals surface area contributed by atoms with Crippen molar-refractivity contribution in [2.75, 3.05) is 33.3 Å². The molecule has 1 fully saturated rings. The maximum absolute atomic E-state index is 13.6. The molecule has 1 saturated heterocycles. The number of hydrogen-bond donors (Lipinski definition) is 0. The highest BCUT2D eigenvalue weighted by Crippen LogP contribution is 2.22. The zero-order valence-electron chi connectivity index (χ0n) is 15.8. The average Bonchev–Trinajstić information content (AvgIpc) is 2.67. The SMILES string of the molecule is COc1ccc(F)cc1C(=O)N1CCN(C(=O)c2ccc(C)cc2C)CC1. The van der Waals surface area contributed by atoms with Crippen LogP contribution in [0.25, 0.3) is 0 Å². The number of halogens is 1. The molecule has 1 aliphatic rings. The van der Waals surface area contributed by atoms with Crippen molar-refractivity contribution in [3.8, 4) is 5.75 Å². The Morgan fingerprint density at radius 3 is 2.04 bits per heavy atom. The third kappa shape index (κ3) is 3.94. The number of piperazine rings is 1. The van der Waals surface area contributed by atoms with E-state index in [9.17, 15) is 14.0 Å². The van der Waals surface area contributed by atoms with Gasteiger partial charge < -0.3 is 14.5 Å². The number of carbonyl (C=O) groups is 2. The first kappa shape index (κ1) is 18.9. The second kappa shape index (κ2) is 7.78. The summed E-state index contributed by atoms with van der Waals surface area (Å²) in [7, 11) is 1.45. The quantitative estimate of drug-likeness (QED) is 0.834. The molecule has 0 saturated carbocycles. The summed E-state index contributed by atoms with van der Waals surface area (Å²) in [4.78, 5) is 28.9. The molecule has 3 rings (SSSR count). The van der Waals surface area contributed by atoms with Gasteiger partial charge in [0.1, 0.15) is 11.6 Å². The van der Waals surface area contributed by atoms with Crippen LogP contribution in [-0.4, -0.2) is 54.9 Å². The van der Waals surface area contributed by atoms with Crippen LogP contribution in [0.15, 0.2) is 36.4 Å². The first-order chi connectivity index (χ1) is 12.9. The number of methoxy groups -OCH3 is 1. The first-order valence-electron chi connectivity index (χ1n) is 8.90. The summed E-state index contributed by atoms with van der Waals surface area (Å²) in [5.41, 5.74) is 2.95. The first-order valence-corrected chi connectivity index (χ1v) is 8.90. The van der Waals surface area contributed by atoms with E-state index in [4.69, 9.17) is 4.74 Å². The molecule has 142 valence electrons. The van der Waals surface area contributed by atoms with E-state index >= 15 is 0 Å². The summed E-state index contributed by atoms with van der Waals surface area (Å²) in [5.74, 6) is -0.453. The van der Waals surface area contributed by atoms with Crippen molar-refractivity contribution >= 4 is 11.8 Å². The Bertz CT molecular complexity index is 874. The molecule has 0 aliphatic carbocycles. The van der Waals surface area contributed by atoms with E-state index in [2.05, 4.69) is 0 Å². The Morgan fingerprint density at radius 2 is 1.48 bits per heavy atom. The molecule has 6 heteroatoms. The Kier molecular flexibility index (Phi) is 5.44. The molecule has 1 heterocycles. The Hall–Kier alpha value is -2.89. The molecule has 2 aromatic carbocycles. The van der Waals surface area contributed by atoms with E-state index in [-0.39, 0.29) is 17.4 Å². The lowest BCUT2D eigenvalue weighted by molar-refractivity contribution is 0.0533. The molecule has 0 radical (unpaired) electrons. The summed E-state index contributed by atoms with van der Waals surface area (Å²) in [6.45, 7) is 5.60. The molecule has 0 N–H and O–H groups in total. The Morgan fingerprint density at radius 1 is 0.889 bits per heavy atom. The maximum atomic E-state index is 13.6. The number of hydrogen-bond acceptors (Lipinski definition) is 3. The summed E-state index contributed by atoms with van der Waals surface area (Å²) < 4.78 is 18.7. The Labute approximate surface area is 158 Å². The van der Waals surface area contributed by atoms with Gasteiger partial charge in [0, 0.05) is 31.7 Å². The number of amides is 2. The monoisotopic (exact) mass is 370 g/mol. The van der Waals surface area contributed by atoms with Gasteiger partial charge in [-0.15, -0.1) is 0 Å². The van der Waals surface area contributed by atoms with Gasteiger partial charge in [0.25, 0.3) is 11.8 Å². The molecule has 1 aliphatic heterocycles. The van der Waals surface area contributed by atoms with E-state index in [1.165, 1.54) is 25.3 Å². The van der Waals surface area contributed by atoms with Gasteiger partial charge in [-0.25, -0.2) is 4.39 Å². The standard InChI is InChI=1S/C21H23FN2O3/c1-14-4-6-17(15(2)12-14)20(25)23-8-10-24(11-9-23)21(26)18-13-16(22)5-7-19(18)27-3/h4-7,12-13H,8-11H2,1-3H3. The third-order valence-corrected chi connectivity index (χ3v) is 4.86. The van der Waals surface area contributed by atoms with Gasteiger partial charge in [0.05, 0.1) is 12.7 Å². The Balaban J connectivity index is 1.69. The van der Waals surface area contributed by atoms with E-state index in [0.717, 1.165) is 11.1 Å². The van der Waals surface area contributed by atoms with Crippen molar-refractivity contribution in [2.45, 2.75) is 13.8 Å². The van der Waals surface area contributed by atoms with Crippen LogP contribution in [0.1, 0.15) is 31.8 Å². The third-order valence-electron chi connectivity index (χ3n) is 4.86. The van der Waals surface area contributed by atoms with E-state index in [0.29, 0.717) is 37.5 Å². The van der Waals surface area contributed by atoms with E-state index < -0.39 is 5.82 Å². The molecule has 0 unspecified atom stereocenters. The van der Waals surface area contributed by atoms with Crippen molar-refractivity contribution in [1.82, 2.24) is 9.80 Å². The summed E-state index contributed by atoms with van der Waals surface area (Å²) >= 11 is 0. The predicted octanol–water partition coefficient (Wildman–Crippen LogP) is 3.05. The van der Waals surface area contributed by atoms with Crippen LogP contribution in [0.4, 0.5) is 4.39 Å². The summed E-state index contributed by atoms with van der Waals surface area (Å²) in [5, 5.41) is 0. The average molecular weight is 370 g/mol. The minimum absolute atomic E-state index is 0.0251. The number of benzene rings is 2. The van der Waals surface area contributed by atoms with Crippen LogP contribution >= 0.6 is 0 Å². The number of ether oxygens (including phenoxy) is 1. The van der Waals surface area contributed by atoms with Crippen molar-refractivity contribution < 1.29 is 18.7 Å². The van der Waals surface area contributed by atoms with Crippen molar-refractivity contribution in [2.24, 2.45) is 0 Å². The predicted molar refractivity (Wildman–Crippen MR) is 101 cm³/mol. The highest BCUT2D eigenvalue weighted by Gasteiger charge is 2.27. The highest BCUT2D eigenvalue weighted by atomic mass is 19.1. The molecule has 0 spiro atoms. The molecule has 0 bridgehead atoms. The summed E-state index contributed by atoms with van der Waals surface area (Å²) in [6.07, 6.45) is 0. The second-order valence-corrected chi connectivity index (χ2v) is 6.75. The smallest absolute Gasteiger partial charge is 0.257 e. The fraction of sp³-hybridized carbons (Fsp3) is 0.333. The maximum Gasteiger partial charge on any atom is 0.257 e. The van der Waals surface area contributed by atoms with Gasteiger partial charge in [-0.2, -0.15) is 0 Å². The molecule has 2 amide bonds. The van der Waals surface area contributed by atoms with Crippen LogP contribution in [0.2, 0.25) is 0 Å². The fourth-order valence-corrected chi connectivity index (χ4v) is 3.35. The molecule has 5 nitrogen and oxygen atoms in total. The molecule has 2 aromatic rings. The molecule has 27 heavy (non-hydrogen) atoms. The molecular weight excluding hydrogens is 347 g/mol. The largest absolute Gasteiger partial charge is 0.496 e. The number of rotatable bonds is 3. The lowest BCUT2D eigenvalue weighted by atomic mass is 10.0. The van der Waals surface area contributed by atoms with E-state index in [1.54, 1.807) is 9.80 Å². The molecule has 0 aromatic heterocycles. The minimum Gasteiger partial charge on any atom is -0.496 e. The minimum atomic E-state index is -0.484. The van der Waals surface area contributed by atoms with Gasteiger partial charge in [0.2, 0.25) is 0 Å². The van der Waals surface area contributed by atoms with Crippen LogP contribution in [0.5, 0.6) is 5.75 Å². The van der Waals surface area contributed by atoms with Crippen molar-refractivity contribution in [3.63, 3.8) is 0 Å². The van der Waals surface area contributed by atoms with Crippen molar-refractivity contribution in [3.05, 3.63) is 64.5 Å². The van der Waals surface area contributed by atoms with Crippen LogP contribution in [-0.2, 0) is 0 Å². The van der Waals surface area contributed by atoms with Crippen LogP contribution in [0.3, 0.4) is 0 Å². The normalized spacial score (nSPS) is 14.2. The summed E-state index contributed by atoms with van der Waals surface area (Å²) in [6, 6.07) is 9.66. The van der Waals surface area contributed by atoms with E-state index in [1.807, 2.05) is 32.0 Å².